The van der Waals surface area contributed by atoms with Crippen molar-refractivity contribution < 1.29 is 4.42 Å². The Morgan fingerprint density at radius 2 is 2.10 bits per heavy atom. The van der Waals surface area contributed by atoms with Crippen molar-refractivity contribution in [1.29, 1.82) is 0 Å². The second-order valence-corrected chi connectivity index (χ2v) is 5.73. The van der Waals surface area contributed by atoms with Crippen molar-refractivity contribution in [1.82, 2.24) is 10.2 Å². The molecule has 0 unspecified atom stereocenters. The maximum absolute atomic E-state index is 5.75. The summed E-state index contributed by atoms with van der Waals surface area (Å²) in [6, 6.07) is 12.5. The molecule has 4 nitrogen and oxygen atoms in total. The smallest absolute Gasteiger partial charge is 0.257 e. The zero-order valence-electron chi connectivity index (χ0n) is 10.8. The molecule has 3 heterocycles. The number of para-hydroxylation sites is 1. The van der Waals surface area contributed by atoms with E-state index in [-0.39, 0.29) is 0 Å². The number of fused-ring (bicyclic) bond motifs is 1. The van der Waals surface area contributed by atoms with Crippen molar-refractivity contribution >= 4 is 17.0 Å². The monoisotopic (exact) mass is 283 g/mol. The molecule has 0 radical (unpaired) electrons. The lowest BCUT2D eigenvalue weighted by Crippen LogP contribution is -2.19. The molecule has 3 aromatic rings. The number of benzene rings is 1. The second kappa shape index (κ2) is 4.76. The van der Waals surface area contributed by atoms with E-state index in [4.69, 9.17) is 4.42 Å². The molecule has 20 heavy (non-hydrogen) atoms. The lowest BCUT2D eigenvalue weighted by atomic mass is 10.2. The number of nitrogens with zero attached hydrogens (tertiary/aromatic N) is 3. The number of thiophene rings is 1. The number of hydrogen-bond donors (Lipinski definition) is 0. The van der Waals surface area contributed by atoms with Crippen LogP contribution in [0.1, 0.15) is 11.5 Å². The number of hydrogen-bond acceptors (Lipinski definition) is 5. The average Bonchev–Trinajstić information content (AvgIpc) is 3.19. The van der Waals surface area contributed by atoms with Crippen LogP contribution in [0.15, 0.2) is 46.2 Å². The highest BCUT2D eigenvalue weighted by Crippen LogP contribution is 2.29. The lowest BCUT2D eigenvalue weighted by Gasteiger charge is -2.16. The third kappa shape index (κ3) is 2.00. The molecule has 0 spiro atoms. The van der Waals surface area contributed by atoms with E-state index in [0.717, 1.165) is 17.8 Å². The van der Waals surface area contributed by atoms with Gasteiger partial charge in [-0.2, -0.15) is 0 Å². The Labute approximate surface area is 120 Å². The summed E-state index contributed by atoms with van der Waals surface area (Å²) in [7, 11) is 0. The van der Waals surface area contributed by atoms with E-state index < -0.39 is 0 Å². The van der Waals surface area contributed by atoms with Crippen LogP contribution in [0.4, 0.5) is 5.69 Å². The first-order valence-corrected chi connectivity index (χ1v) is 7.47. The Hall–Kier alpha value is -2.14. The van der Waals surface area contributed by atoms with Gasteiger partial charge in [0.25, 0.3) is 5.89 Å². The van der Waals surface area contributed by atoms with Gasteiger partial charge in [-0.3, -0.25) is 0 Å². The predicted octanol–water partition coefficient (Wildman–Crippen LogP) is 3.36. The van der Waals surface area contributed by atoms with Gasteiger partial charge < -0.3 is 9.32 Å². The van der Waals surface area contributed by atoms with E-state index in [9.17, 15) is 0 Å². The zero-order chi connectivity index (χ0) is 13.4. The van der Waals surface area contributed by atoms with Crippen LogP contribution in [0.5, 0.6) is 0 Å². The van der Waals surface area contributed by atoms with Crippen LogP contribution < -0.4 is 4.90 Å². The maximum Gasteiger partial charge on any atom is 0.257 e. The van der Waals surface area contributed by atoms with Crippen molar-refractivity contribution in [3.05, 3.63) is 53.2 Å². The number of aromatic nitrogens is 2. The van der Waals surface area contributed by atoms with E-state index in [1.54, 1.807) is 11.3 Å². The Bertz CT molecular complexity index is 720. The Balaban J connectivity index is 1.56. The summed E-state index contributed by atoms with van der Waals surface area (Å²) in [6.45, 7) is 1.69. The van der Waals surface area contributed by atoms with Gasteiger partial charge >= 0.3 is 0 Å². The maximum atomic E-state index is 5.75. The molecule has 0 saturated heterocycles. The fraction of sp³-hybridized carbons (Fsp3) is 0.200. The Morgan fingerprint density at radius 1 is 1.15 bits per heavy atom. The van der Waals surface area contributed by atoms with Crippen LogP contribution >= 0.6 is 11.3 Å². The number of anilines is 1. The van der Waals surface area contributed by atoms with Gasteiger partial charge in [-0.15, -0.1) is 21.5 Å². The van der Waals surface area contributed by atoms with Crippen LogP contribution in [0, 0.1) is 0 Å². The third-order valence-corrected chi connectivity index (χ3v) is 4.37. The van der Waals surface area contributed by atoms with Gasteiger partial charge in [0.2, 0.25) is 5.89 Å². The van der Waals surface area contributed by atoms with Crippen LogP contribution in [0.25, 0.3) is 10.8 Å². The predicted molar refractivity (Wildman–Crippen MR) is 78.8 cm³/mol. The fourth-order valence-corrected chi connectivity index (χ4v) is 3.20. The standard InChI is InChI=1S/C15H13N3OS/c1-2-5-12-11(4-1)7-8-18(12)10-14-16-17-15(19-14)13-6-3-9-20-13/h1-6,9H,7-8,10H2. The largest absolute Gasteiger partial charge is 0.418 e. The van der Waals surface area contributed by atoms with Crippen LogP contribution in [0.2, 0.25) is 0 Å². The molecule has 0 N–H and O–H groups in total. The first kappa shape index (κ1) is 11.7. The molecule has 0 fully saturated rings. The molecular formula is C15H13N3OS. The molecule has 1 aromatic carbocycles. The summed E-state index contributed by atoms with van der Waals surface area (Å²) in [5.74, 6) is 1.28. The zero-order valence-corrected chi connectivity index (χ0v) is 11.6. The fourth-order valence-electron chi connectivity index (χ4n) is 2.55. The van der Waals surface area contributed by atoms with Crippen LogP contribution in [-0.4, -0.2) is 16.7 Å². The van der Waals surface area contributed by atoms with Crippen molar-refractivity contribution in [3.63, 3.8) is 0 Å². The summed E-state index contributed by atoms with van der Waals surface area (Å²) in [6.07, 6.45) is 1.09. The molecule has 4 rings (SSSR count). The topological polar surface area (TPSA) is 42.2 Å². The van der Waals surface area contributed by atoms with Crippen molar-refractivity contribution in [3.8, 4) is 10.8 Å². The van der Waals surface area contributed by atoms with Crippen LogP contribution in [-0.2, 0) is 13.0 Å². The molecule has 0 saturated carbocycles. The molecule has 0 atom stereocenters. The quantitative estimate of drug-likeness (QED) is 0.739. The lowest BCUT2D eigenvalue weighted by molar-refractivity contribution is 0.501. The minimum atomic E-state index is 0.613. The normalized spacial score (nSPS) is 13.7. The van der Waals surface area contributed by atoms with Gasteiger partial charge in [-0.1, -0.05) is 24.3 Å². The van der Waals surface area contributed by atoms with Crippen molar-refractivity contribution in [2.45, 2.75) is 13.0 Å². The Morgan fingerprint density at radius 3 is 3.00 bits per heavy atom. The molecule has 100 valence electrons. The molecule has 0 amide bonds. The highest BCUT2D eigenvalue weighted by molar-refractivity contribution is 7.13. The number of rotatable bonds is 3. The minimum Gasteiger partial charge on any atom is -0.418 e. The molecule has 2 aromatic heterocycles. The van der Waals surface area contributed by atoms with Gasteiger partial charge in [0.05, 0.1) is 11.4 Å². The van der Waals surface area contributed by atoms with E-state index in [0.29, 0.717) is 18.3 Å². The molecule has 1 aliphatic rings. The van der Waals surface area contributed by atoms with E-state index in [1.165, 1.54) is 11.3 Å². The SMILES string of the molecule is c1csc(-c2nnc(CN3CCc4ccccc43)o2)c1. The van der Waals surface area contributed by atoms with Crippen LogP contribution in [0.3, 0.4) is 0 Å². The summed E-state index contributed by atoms with van der Waals surface area (Å²) >= 11 is 1.61. The summed E-state index contributed by atoms with van der Waals surface area (Å²) in [5, 5.41) is 10.3. The van der Waals surface area contributed by atoms with Crippen molar-refractivity contribution in [2.75, 3.05) is 11.4 Å². The highest BCUT2D eigenvalue weighted by atomic mass is 32.1. The molecule has 0 bridgehead atoms. The summed E-state index contributed by atoms with van der Waals surface area (Å²) in [5.41, 5.74) is 2.67. The van der Waals surface area contributed by atoms with Gasteiger partial charge in [0, 0.05) is 12.2 Å². The van der Waals surface area contributed by atoms with Gasteiger partial charge in [0.15, 0.2) is 0 Å². The van der Waals surface area contributed by atoms with Gasteiger partial charge in [0.1, 0.15) is 0 Å². The van der Waals surface area contributed by atoms with Gasteiger partial charge in [-0.05, 0) is 29.5 Å². The molecule has 0 aliphatic carbocycles. The second-order valence-electron chi connectivity index (χ2n) is 4.78. The minimum absolute atomic E-state index is 0.613. The summed E-state index contributed by atoms with van der Waals surface area (Å²) < 4.78 is 5.75. The first-order valence-electron chi connectivity index (χ1n) is 6.59. The molecule has 5 heteroatoms. The third-order valence-electron chi connectivity index (χ3n) is 3.51. The molecular weight excluding hydrogens is 270 g/mol. The average molecular weight is 283 g/mol. The van der Waals surface area contributed by atoms with E-state index in [2.05, 4.69) is 39.4 Å². The first-order chi connectivity index (χ1) is 9.90. The van der Waals surface area contributed by atoms with Gasteiger partial charge in [-0.25, -0.2) is 0 Å². The highest BCUT2D eigenvalue weighted by Gasteiger charge is 2.20. The van der Waals surface area contributed by atoms with Crippen molar-refractivity contribution in [2.24, 2.45) is 0 Å². The van der Waals surface area contributed by atoms with E-state index in [1.807, 2.05) is 17.5 Å². The molecule has 1 aliphatic heterocycles. The summed E-state index contributed by atoms with van der Waals surface area (Å²) in [4.78, 5) is 3.31. The Kier molecular flexibility index (Phi) is 2.77. The van der Waals surface area contributed by atoms with E-state index >= 15 is 0 Å².